The molecule has 0 spiro atoms. The third kappa shape index (κ3) is 4.29. The van der Waals surface area contributed by atoms with Crippen LogP contribution in [0.1, 0.15) is 61.8 Å². The molecule has 4 heteroatoms. The molecule has 4 atom stereocenters. The molecule has 2 aliphatic rings. The van der Waals surface area contributed by atoms with Crippen LogP contribution in [0.2, 0.25) is 0 Å². The number of hydrogen-bond donors (Lipinski definition) is 4. The lowest BCUT2D eigenvalue weighted by Crippen LogP contribution is -2.56. The van der Waals surface area contributed by atoms with Crippen LogP contribution in [0.5, 0.6) is 0 Å². The van der Waals surface area contributed by atoms with E-state index in [1.54, 1.807) is 12.2 Å². The molecule has 0 aromatic carbocycles. The molecule has 2 aliphatic carbocycles. The van der Waals surface area contributed by atoms with Gasteiger partial charge in [0.1, 0.15) is 23.4 Å². The molecule has 27 heavy (non-hydrogen) atoms. The van der Waals surface area contributed by atoms with Gasteiger partial charge >= 0.3 is 0 Å². The minimum Gasteiger partial charge on any atom is -0.385 e. The molecule has 4 nitrogen and oxygen atoms in total. The number of hydrogen-bond acceptors (Lipinski definition) is 4. The van der Waals surface area contributed by atoms with Crippen molar-refractivity contribution < 1.29 is 20.4 Å². The highest BCUT2D eigenvalue weighted by molar-refractivity contribution is 5.43. The molecule has 152 valence electrons. The average Bonchev–Trinajstić information content (AvgIpc) is 2.44. The van der Waals surface area contributed by atoms with Crippen molar-refractivity contribution in [2.24, 2.45) is 10.8 Å². The second kappa shape index (κ2) is 6.70. The molecule has 0 aromatic heterocycles. The standard InChI is InChI=1S/C23H36O4/c1-14-9-16(20(3,4)5)18(24)22(26,11-14)13-23(27)12-15(2)10-17(19(23)25)21(6,7)8/h9-12,18-19,24-27H,13H2,1-8H3. The Kier molecular flexibility index (Phi) is 5.48. The lowest BCUT2D eigenvalue weighted by atomic mass is 9.66. The van der Waals surface area contributed by atoms with Gasteiger partial charge in [-0.1, -0.05) is 64.8 Å². The van der Waals surface area contributed by atoms with Crippen LogP contribution in [0.25, 0.3) is 0 Å². The van der Waals surface area contributed by atoms with Crippen LogP contribution in [0.15, 0.2) is 46.6 Å². The highest BCUT2D eigenvalue weighted by Gasteiger charge is 2.51. The molecule has 0 radical (unpaired) electrons. The molecular weight excluding hydrogens is 340 g/mol. The molecule has 0 bridgehead atoms. The third-order valence-corrected chi connectivity index (χ3v) is 5.56. The van der Waals surface area contributed by atoms with Crippen molar-refractivity contribution in [2.75, 3.05) is 0 Å². The quantitative estimate of drug-likeness (QED) is 0.595. The van der Waals surface area contributed by atoms with E-state index in [4.69, 9.17) is 0 Å². The summed E-state index contributed by atoms with van der Waals surface area (Å²) >= 11 is 0. The van der Waals surface area contributed by atoms with Crippen LogP contribution in [-0.2, 0) is 0 Å². The van der Waals surface area contributed by atoms with Crippen molar-refractivity contribution in [3.8, 4) is 0 Å². The fraction of sp³-hybridized carbons (Fsp3) is 0.652. The third-order valence-electron chi connectivity index (χ3n) is 5.56. The van der Waals surface area contributed by atoms with Gasteiger partial charge in [-0.3, -0.25) is 0 Å². The van der Waals surface area contributed by atoms with Crippen LogP contribution < -0.4 is 0 Å². The number of rotatable bonds is 2. The summed E-state index contributed by atoms with van der Waals surface area (Å²) in [5.74, 6) is 0. The molecule has 0 saturated heterocycles. The van der Waals surface area contributed by atoms with Gasteiger partial charge in [-0.05, 0) is 48.0 Å². The Morgan fingerprint density at radius 3 is 1.30 bits per heavy atom. The first-order valence-corrected chi connectivity index (χ1v) is 9.63. The first-order valence-electron chi connectivity index (χ1n) is 9.63. The topological polar surface area (TPSA) is 80.9 Å². The molecule has 0 saturated carbocycles. The van der Waals surface area contributed by atoms with Gasteiger partial charge in [-0.2, -0.15) is 0 Å². The fourth-order valence-corrected chi connectivity index (χ4v) is 4.22. The summed E-state index contributed by atoms with van der Waals surface area (Å²) in [6, 6.07) is 0. The molecule has 0 aliphatic heterocycles. The summed E-state index contributed by atoms with van der Waals surface area (Å²) in [5.41, 5.74) is -0.930. The van der Waals surface area contributed by atoms with Gasteiger partial charge in [0.05, 0.1) is 0 Å². The highest BCUT2D eigenvalue weighted by Crippen LogP contribution is 2.45. The molecule has 0 amide bonds. The van der Waals surface area contributed by atoms with E-state index in [1.165, 1.54) is 0 Å². The molecule has 0 aromatic rings. The minimum atomic E-state index is -1.67. The van der Waals surface area contributed by atoms with E-state index in [9.17, 15) is 20.4 Å². The highest BCUT2D eigenvalue weighted by atomic mass is 16.4. The maximum absolute atomic E-state index is 11.4. The summed E-state index contributed by atoms with van der Waals surface area (Å²) in [6.45, 7) is 15.6. The summed E-state index contributed by atoms with van der Waals surface area (Å²) in [5, 5.41) is 44.7. The van der Waals surface area contributed by atoms with Gasteiger partial charge in [0.25, 0.3) is 0 Å². The average molecular weight is 377 g/mol. The molecule has 4 N–H and O–H groups in total. The Morgan fingerprint density at radius 1 is 0.741 bits per heavy atom. The molecular formula is C23H36O4. The number of allylic oxidation sites excluding steroid dienone is 4. The Labute approximate surface area is 163 Å². The van der Waals surface area contributed by atoms with Crippen LogP contribution in [-0.4, -0.2) is 43.8 Å². The summed E-state index contributed by atoms with van der Waals surface area (Å²) in [6.07, 6.45) is 4.46. The zero-order valence-electron chi connectivity index (χ0n) is 18.0. The lowest BCUT2D eigenvalue weighted by Gasteiger charge is -2.46. The zero-order valence-corrected chi connectivity index (χ0v) is 18.0. The Morgan fingerprint density at radius 2 is 1.04 bits per heavy atom. The van der Waals surface area contributed by atoms with Crippen molar-refractivity contribution >= 4 is 0 Å². The molecule has 2 rings (SSSR count). The van der Waals surface area contributed by atoms with Crippen molar-refractivity contribution in [3.05, 3.63) is 46.6 Å². The van der Waals surface area contributed by atoms with Gasteiger partial charge in [-0.25, -0.2) is 0 Å². The Bertz CT molecular complexity index is 664. The van der Waals surface area contributed by atoms with E-state index in [0.29, 0.717) is 11.1 Å². The van der Waals surface area contributed by atoms with E-state index in [0.717, 1.165) is 11.1 Å². The van der Waals surface area contributed by atoms with Gasteiger partial charge in [0, 0.05) is 6.42 Å². The van der Waals surface area contributed by atoms with E-state index < -0.39 is 23.4 Å². The van der Waals surface area contributed by atoms with Crippen LogP contribution in [0, 0.1) is 10.8 Å². The monoisotopic (exact) mass is 376 g/mol. The van der Waals surface area contributed by atoms with Gasteiger partial charge in [0.15, 0.2) is 0 Å². The van der Waals surface area contributed by atoms with Crippen molar-refractivity contribution in [2.45, 2.75) is 85.2 Å². The van der Waals surface area contributed by atoms with Crippen molar-refractivity contribution in [1.29, 1.82) is 0 Å². The summed E-state index contributed by atoms with van der Waals surface area (Å²) < 4.78 is 0. The zero-order chi connectivity index (χ0) is 21.0. The second-order valence-corrected chi connectivity index (χ2v) is 10.4. The number of aliphatic hydroxyl groups is 4. The molecule has 0 heterocycles. The largest absolute Gasteiger partial charge is 0.385 e. The van der Waals surface area contributed by atoms with E-state index >= 15 is 0 Å². The molecule has 4 unspecified atom stereocenters. The summed E-state index contributed by atoms with van der Waals surface area (Å²) in [4.78, 5) is 0. The SMILES string of the molecule is CC1=CC(O)(CC2(O)C=C(C)C=C(C(C)(C)C)C2O)C(O)C(C(C)(C)C)=C1. The van der Waals surface area contributed by atoms with Crippen molar-refractivity contribution in [1.82, 2.24) is 0 Å². The number of aliphatic hydroxyl groups excluding tert-OH is 2. The Balaban J connectivity index is 2.46. The van der Waals surface area contributed by atoms with Gasteiger partial charge < -0.3 is 20.4 Å². The van der Waals surface area contributed by atoms with Crippen LogP contribution >= 0.6 is 0 Å². The van der Waals surface area contributed by atoms with Crippen LogP contribution in [0.4, 0.5) is 0 Å². The predicted octanol–water partition coefficient (Wildman–Crippen LogP) is 3.43. The summed E-state index contributed by atoms with van der Waals surface area (Å²) in [7, 11) is 0. The maximum Gasteiger partial charge on any atom is 0.116 e. The fourth-order valence-electron chi connectivity index (χ4n) is 4.22. The van der Waals surface area contributed by atoms with E-state index in [-0.39, 0.29) is 17.3 Å². The predicted molar refractivity (Wildman–Crippen MR) is 109 cm³/mol. The maximum atomic E-state index is 11.4. The lowest BCUT2D eigenvalue weighted by molar-refractivity contribution is -0.110. The van der Waals surface area contributed by atoms with Gasteiger partial charge in [0.2, 0.25) is 0 Å². The van der Waals surface area contributed by atoms with Crippen molar-refractivity contribution in [3.63, 3.8) is 0 Å². The van der Waals surface area contributed by atoms with E-state index in [1.807, 2.05) is 67.5 Å². The van der Waals surface area contributed by atoms with Gasteiger partial charge in [-0.15, -0.1) is 0 Å². The first kappa shape index (κ1) is 22.1. The smallest absolute Gasteiger partial charge is 0.116 e. The van der Waals surface area contributed by atoms with E-state index in [2.05, 4.69) is 0 Å². The Hall–Kier alpha value is -1.20. The minimum absolute atomic E-state index is 0.197. The normalized spacial score (nSPS) is 35.3. The van der Waals surface area contributed by atoms with Crippen LogP contribution in [0.3, 0.4) is 0 Å². The molecule has 0 fully saturated rings. The second-order valence-electron chi connectivity index (χ2n) is 10.4. The first-order chi connectivity index (χ1) is 12.0.